The molecule has 0 fully saturated rings. The summed E-state index contributed by atoms with van der Waals surface area (Å²) in [6, 6.07) is 7.62. The summed E-state index contributed by atoms with van der Waals surface area (Å²) in [7, 11) is 0. The Hall–Kier alpha value is -1.26. The quantitative estimate of drug-likeness (QED) is 0.547. The van der Waals surface area contributed by atoms with Crippen LogP contribution in [-0.4, -0.2) is 5.78 Å². The van der Waals surface area contributed by atoms with Crippen LogP contribution in [0, 0.1) is 12.3 Å². The molecule has 1 nitrogen and oxygen atoms in total. The van der Waals surface area contributed by atoms with Crippen molar-refractivity contribution in [3.05, 3.63) is 34.9 Å². The molecule has 0 atom stereocenters. The first kappa shape index (κ1) is 10.8. The van der Waals surface area contributed by atoms with E-state index in [-0.39, 0.29) is 5.78 Å². The number of terminal acetylenes is 1. The molecule has 14 heavy (non-hydrogen) atoms. The van der Waals surface area contributed by atoms with Crippen molar-refractivity contribution in [2.45, 2.75) is 19.3 Å². The normalized spacial score (nSPS) is 9.43. The predicted octanol–water partition coefficient (Wildman–Crippen LogP) is 2.87. The van der Waals surface area contributed by atoms with Gasteiger partial charge >= 0.3 is 0 Å². The van der Waals surface area contributed by atoms with Crippen molar-refractivity contribution in [3.8, 4) is 12.3 Å². The van der Waals surface area contributed by atoms with E-state index in [9.17, 15) is 4.79 Å². The van der Waals surface area contributed by atoms with Crippen LogP contribution in [0.4, 0.5) is 0 Å². The third-order valence-electron chi connectivity index (χ3n) is 1.94. The molecule has 0 amide bonds. The Bertz CT molecular complexity index is 346. The van der Waals surface area contributed by atoms with Crippen LogP contribution in [0.3, 0.4) is 0 Å². The molecular weight excluding hydrogens is 196 g/mol. The van der Waals surface area contributed by atoms with Crippen LogP contribution in [0.1, 0.15) is 18.4 Å². The molecule has 72 valence electrons. The molecule has 0 aliphatic heterocycles. The number of hydrogen-bond acceptors (Lipinski definition) is 1. The van der Waals surface area contributed by atoms with Gasteiger partial charge in [0, 0.05) is 11.4 Å². The summed E-state index contributed by atoms with van der Waals surface area (Å²) >= 11 is 5.74. The fourth-order valence-electron chi connectivity index (χ4n) is 1.18. The lowest BCUT2D eigenvalue weighted by Crippen LogP contribution is -1.94. The Balaban J connectivity index is 2.36. The van der Waals surface area contributed by atoms with Gasteiger partial charge in [0.1, 0.15) is 0 Å². The number of hydrogen-bond donors (Lipinski definition) is 0. The van der Waals surface area contributed by atoms with Crippen LogP contribution in [0.2, 0.25) is 5.02 Å². The summed E-state index contributed by atoms with van der Waals surface area (Å²) in [4.78, 5) is 10.8. The number of rotatable bonds is 4. The maximum atomic E-state index is 10.8. The van der Waals surface area contributed by atoms with Crippen LogP contribution < -0.4 is 0 Å². The van der Waals surface area contributed by atoms with E-state index in [1.807, 2.05) is 24.3 Å². The lowest BCUT2D eigenvalue weighted by atomic mass is 10.1. The molecule has 0 saturated heterocycles. The van der Waals surface area contributed by atoms with Gasteiger partial charge in [0.05, 0.1) is 0 Å². The highest BCUT2D eigenvalue weighted by molar-refractivity contribution is 6.30. The van der Waals surface area contributed by atoms with Gasteiger partial charge in [-0.3, -0.25) is 4.79 Å². The fourth-order valence-corrected chi connectivity index (χ4v) is 1.30. The molecule has 0 spiro atoms. The summed E-state index contributed by atoms with van der Waals surface area (Å²) < 4.78 is 0. The van der Waals surface area contributed by atoms with Crippen LogP contribution in [0.5, 0.6) is 0 Å². The number of carbonyl (C=O) groups is 1. The molecule has 0 bridgehead atoms. The van der Waals surface area contributed by atoms with Gasteiger partial charge in [-0.05, 0) is 36.5 Å². The van der Waals surface area contributed by atoms with Crippen molar-refractivity contribution in [2.75, 3.05) is 0 Å². The van der Waals surface area contributed by atoms with Crippen molar-refractivity contribution in [1.29, 1.82) is 0 Å². The zero-order chi connectivity index (χ0) is 10.4. The molecule has 1 rings (SSSR count). The van der Waals surface area contributed by atoms with Crippen molar-refractivity contribution in [2.24, 2.45) is 0 Å². The van der Waals surface area contributed by atoms with Crippen LogP contribution in [0.15, 0.2) is 24.3 Å². The molecular formula is C12H11ClO. The number of Topliss-reactive ketones (excluding diaryl/α,β-unsaturated/α-hetero) is 1. The maximum absolute atomic E-state index is 10.8. The molecule has 0 N–H and O–H groups in total. The summed E-state index contributed by atoms with van der Waals surface area (Å²) in [5.74, 6) is 1.97. The summed E-state index contributed by atoms with van der Waals surface area (Å²) in [6.45, 7) is 0. The first-order valence-electron chi connectivity index (χ1n) is 4.46. The maximum Gasteiger partial charge on any atom is 0.205 e. The molecule has 0 aliphatic carbocycles. The average molecular weight is 207 g/mol. The minimum atomic E-state index is -0.126. The second-order valence-corrected chi connectivity index (χ2v) is 3.48. The topological polar surface area (TPSA) is 17.1 Å². The van der Waals surface area contributed by atoms with Gasteiger partial charge in [-0.1, -0.05) is 23.7 Å². The second-order valence-electron chi connectivity index (χ2n) is 3.05. The molecule has 0 saturated carbocycles. The fraction of sp³-hybridized carbons (Fsp3) is 0.250. The monoisotopic (exact) mass is 206 g/mol. The van der Waals surface area contributed by atoms with Crippen LogP contribution >= 0.6 is 11.6 Å². The van der Waals surface area contributed by atoms with E-state index in [0.717, 1.165) is 17.9 Å². The van der Waals surface area contributed by atoms with Crippen LogP contribution in [0.25, 0.3) is 0 Å². The van der Waals surface area contributed by atoms with Gasteiger partial charge in [-0.2, -0.15) is 0 Å². The number of benzene rings is 1. The van der Waals surface area contributed by atoms with Crippen molar-refractivity contribution in [3.63, 3.8) is 0 Å². The van der Waals surface area contributed by atoms with Gasteiger partial charge in [-0.15, -0.1) is 6.42 Å². The summed E-state index contributed by atoms with van der Waals surface area (Å²) in [5.41, 5.74) is 1.18. The van der Waals surface area contributed by atoms with Gasteiger partial charge in [0.25, 0.3) is 0 Å². The van der Waals surface area contributed by atoms with Crippen molar-refractivity contribution >= 4 is 17.4 Å². The number of ketones is 1. The molecule has 0 aromatic heterocycles. The highest BCUT2D eigenvalue weighted by Crippen LogP contribution is 2.11. The lowest BCUT2D eigenvalue weighted by Gasteiger charge is -1.99. The van der Waals surface area contributed by atoms with Gasteiger partial charge in [0.15, 0.2) is 0 Å². The first-order valence-corrected chi connectivity index (χ1v) is 4.84. The average Bonchev–Trinajstić information content (AvgIpc) is 2.21. The Morgan fingerprint density at radius 2 is 2.00 bits per heavy atom. The van der Waals surface area contributed by atoms with E-state index in [4.69, 9.17) is 18.0 Å². The third kappa shape index (κ3) is 3.64. The molecule has 1 aromatic carbocycles. The lowest BCUT2D eigenvalue weighted by molar-refractivity contribution is -0.113. The number of aryl methyl sites for hydroxylation is 1. The molecule has 2 heteroatoms. The number of carbonyl (C=O) groups excluding carboxylic acids is 1. The standard InChI is InChI=1S/C12H11ClO/c1-2-12(14)5-3-4-10-6-8-11(13)9-7-10/h1,6-9H,3-5H2. The minimum absolute atomic E-state index is 0.126. The molecule has 1 aromatic rings. The predicted molar refractivity (Wildman–Crippen MR) is 58.2 cm³/mol. The van der Waals surface area contributed by atoms with E-state index in [1.165, 1.54) is 5.56 Å². The van der Waals surface area contributed by atoms with E-state index in [2.05, 4.69) is 5.92 Å². The first-order chi connectivity index (χ1) is 6.72. The molecule has 0 radical (unpaired) electrons. The van der Waals surface area contributed by atoms with E-state index in [0.29, 0.717) is 6.42 Å². The van der Waals surface area contributed by atoms with Crippen molar-refractivity contribution in [1.82, 2.24) is 0 Å². The summed E-state index contributed by atoms with van der Waals surface area (Å²) in [5, 5.41) is 0.730. The van der Waals surface area contributed by atoms with E-state index in [1.54, 1.807) is 0 Å². The second kappa shape index (κ2) is 5.47. The molecule has 0 unspecified atom stereocenters. The van der Waals surface area contributed by atoms with E-state index >= 15 is 0 Å². The van der Waals surface area contributed by atoms with Gasteiger partial charge < -0.3 is 0 Å². The minimum Gasteiger partial charge on any atom is -0.285 e. The smallest absolute Gasteiger partial charge is 0.205 e. The van der Waals surface area contributed by atoms with Gasteiger partial charge in [0.2, 0.25) is 5.78 Å². The third-order valence-corrected chi connectivity index (χ3v) is 2.20. The zero-order valence-corrected chi connectivity index (χ0v) is 8.55. The van der Waals surface area contributed by atoms with Crippen LogP contribution in [-0.2, 0) is 11.2 Å². The Kier molecular flexibility index (Phi) is 4.22. The Labute approximate surface area is 89.1 Å². The Morgan fingerprint density at radius 3 is 2.57 bits per heavy atom. The van der Waals surface area contributed by atoms with Gasteiger partial charge in [-0.25, -0.2) is 0 Å². The van der Waals surface area contributed by atoms with Crippen molar-refractivity contribution < 1.29 is 4.79 Å². The Morgan fingerprint density at radius 1 is 1.36 bits per heavy atom. The van der Waals surface area contributed by atoms with E-state index < -0.39 is 0 Å². The largest absolute Gasteiger partial charge is 0.285 e. The summed E-state index contributed by atoms with van der Waals surface area (Å²) in [6.07, 6.45) is 7.07. The SMILES string of the molecule is C#CC(=O)CCCc1ccc(Cl)cc1. The number of halogens is 1. The molecule has 0 aliphatic rings. The highest BCUT2D eigenvalue weighted by atomic mass is 35.5. The highest BCUT2D eigenvalue weighted by Gasteiger charge is 1.97. The zero-order valence-electron chi connectivity index (χ0n) is 7.79. The molecule has 0 heterocycles.